The Morgan fingerprint density at radius 3 is 2.90 bits per heavy atom. The van der Waals surface area contributed by atoms with Gasteiger partial charge in [-0.15, -0.1) is 0 Å². The molecule has 0 bridgehead atoms. The maximum absolute atomic E-state index is 12.6. The van der Waals surface area contributed by atoms with Crippen LogP contribution >= 0.6 is 0 Å². The molecule has 2 aliphatic rings. The molecule has 3 atom stereocenters. The molecule has 1 aliphatic carbocycles. The molecule has 3 unspecified atom stereocenters. The molecule has 1 aromatic heterocycles. The van der Waals surface area contributed by atoms with Crippen molar-refractivity contribution in [3.05, 3.63) is 53.6 Å². The summed E-state index contributed by atoms with van der Waals surface area (Å²) in [5.41, 5.74) is 1.42. The quantitative estimate of drug-likeness (QED) is 0.827. The fourth-order valence-electron chi connectivity index (χ4n) is 2.68. The lowest BCUT2D eigenvalue weighted by Crippen LogP contribution is -2.32. The maximum atomic E-state index is 12.6. The van der Waals surface area contributed by atoms with Gasteiger partial charge in [-0.25, -0.2) is 0 Å². The molecule has 4 heteroatoms. The molecule has 0 spiro atoms. The summed E-state index contributed by atoms with van der Waals surface area (Å²) in [7, 11) is 1.67. The van der Waals surface area contributed by atoms with E-state index in [2.05, 4.69) is 4.98 Å². The number of allylic oxidation sites excluding steroid dienone is 1. The molecule has 2 heterocycles. The van der Waals surface area contributed by atoms with Crippen LogP contribution < -0.4 is 0 Å². The van der Waals surface area contributed by atoms with Crippen LogP contribution in [0, 0.1) is 5.92 Å². The molecular weight excluding hydrogens is 254 g/mol. The van der Waals surface area contributed by atoms with Crippen molar-refractivity contribution in [2.75, 3.05) is 13.7 Å². The van der Waals surface area contributed by atoms with E-state index in [1.54, 1.807) is 13.3 Å². The molecule has 0 saturated carbocycles. The van der Waals surface area contributed by atoms with Gasteiger partial charge in [-0.3, -0.25) is 9.78 Å². The highest BCUT2D eigenvalue weighted by Crippen LogP contribution is 2.35. The molecule has 0 N–H and O–H groups in total. The van der Waals surface area contributed by atoms with Crippen LogP contribution in [0.1, 0.15) is 18.5 Å². The van der Waals surface area contributed by atoms with Crippen molar-refractivity contribution in [3.8, 4) is 0 Å². The van der Waals surface area contributed by atoms with E-state index in [9.17, 15) is 4.79 Å². The van der Waals surface area contributed by atoms with Gasteiger partial charge >= 0.3 is 0 Å². The van der Waals surface area contributed by atoms with Crippen LogP contribution in [-0.4, -0.2) is 30.6 Å². The highest BCUT2D eigenvalue weighted by molar-refractivity contribution is 6.04. The molecule has 1 aliphatic heterocycles. The number of carbonyl (C=O) groups is 1. The number of pyridine rings is 1. The fraction of sp³-hybridized carbons (Fsp3) is 0.375. The van der Waals surface area contributed by atoms with Gasteiger partial charge in [0.15, 0.2) is 5.78 Å². The lowest BCUT2D eigenvalue weighted by atomic mass is 9.84. The molecule has 20 heavy (non-hydrogen) atoms. The predicted octanol–water partition coefficient (Wildman–Crippen LogP) is 2.24. The molecule has 104 valence electrons. The highest BCUT2D eigenvalue weighted by Gasteiger charge is 2.36. The maximum Gasteiger partial charge on any atom is 0.178 e. The Morgan fingerprint density at radius 1 is 1.35 bits per heavy atom. The Morgan fingerprint density at radius 2 is 2.20 bits per heavy atom. The van der Waals surface area contributed by atoms with Crippen LogP contribution in [0.5, 0.6) is 0 Å². The average Bonchev–Trinajstić information content (AvgIpc) is 2.48. The molecule has 1 fully saturated rings. The van der Waals surface area contributed by atoms with Crippen molar-refractivity contribution in [3.63, 3.8) is 0 Å². The Labute approximate surface area is 118 Å². The smallest absolute Gasteiger partial charge is 0.178 e. The number of Topliss-reactive ketones (excluding diaryl/α,β-unsaturated/α-hetero) is 1. The van der Waals surface area contributed by atoms with E-state index in [-0.39, 0.29) is 23.7 Å². The summed E-state index contributed by atoms with van der Waals surface area (Å²) in [5, 5.41) is 0. The fourth-order valence-corrected chi connectivity index (χ4v) is 2.68. The minimum atomic E-state index is -0.314. The van der Waals surface area contributed by atoms with E-state index in [0.29, 0.717) is 17.9 Å². The van der Waals surface area contributed by atoms with Crippen molar-refractivity contribution in [2.24, 2.45) is 5.92 Å². The first-order valence-corrected chi connectivity index (χ1v) is 6.75. The topological polar surface area (TPSA) is 48.4 Å². The van der Waals surface area contributed by atoms with Gasteiger partial charge in [-0.05, 0) is 18.2 Å². The number of hydrogen-bond donors (Lipinski definition) is 0. The van der Waals surface area contributed by atoms with Crippen LogP contribution in [0.4, 0.5) is 0 Å². The van der Waals surface area contributed by atoms with Crippen LogP contribution in [-0.2, 0) is 14.3 Å². The summed E-state index contributed by atoms with van der Waals surface area (Å²) in [6.45, 7) is 2.37. The zero-order valence-electron chi connectivity index (χ0n) is 11.6. The molecule has 1 saturated heterocycles. The normalized spacial score (nSPS) is 29.1. The third-order valence-electron chi connectivity index (χ3n) is 3.83. The van der Waals surface area contributed by atoms with E-state index in [0.717, 1.165) is 5.69 Å². The third-order valence-corrected chi connectivity index (χ3v) is 3.83. The second-order valence-corrected chi connectivity index (χ2v) is 5.15. The first-order valence-electron chi connectivity index (χ1n) is 6.75. The van der Waals surface area contributed by atoms with Crippen molar-refractivity contribution < 1.29 is 14.3 Å². The first-order chi connectivity index (χ1) is 9.70. The zero-order chi connectivity index (χ0) is 14.1. The molecule has 0 radical (unpaired) electrons. The largest absolute Gasteiger partial charge is 0.492 e. The average molecular weight is 271 g/mol. The minimum Gasteiger partial charge on any atom is -0.492 e. The molecule has 1 aromatic rings. The van der Waals surface area contributed by atoms with Gasteiger partial charge < -0.3 is 9.47 Å². The zero-order valence-corrected chi connectivity index (χ0v) is 11.6. The van der Waals surface area contributed by atoms with Crippen LogP contribution in [0.2, 0.25) is 0 Å². The molecular formula is C16H17NO3. The number of nitrogens with zero attached hydrogens (tertiary/aromatic N) is 1. The van der Waals surface area contributed by atoms with Gasteiger partial charge in [0.2, 0.25) is 0 Å². The Kier molecular flexibility index (Phi) is 3.40. The van der Waals surface area contributed by atoms with Crippen LogP contribution in [0.15, 0.2) is 47.9 Å². The second kappa shape index (κ2) is 5.21. The summed E-state index contributed by atoms with van der Waals surface area (Å²) in [6, 6.07) is 5.60. The number of methoxy groups -OCH3 is 1. The van der Waals surface area contributed by atoms with Crippen LogP contribution in [0.25, 0.3) is 0 Å². The molecule has 4 nitrogen and oxygen atoms in total. The van der Waals surface area contributed by atoms with E-state index in [1.807, 2.05) is 37.3 Å². The summed E-state index contributed by atoms with van der Waals surface area (Å²) in [5.74, 6) is 0.578. The van der Waals surface area contributed by atoms with Crippen molar-refractivity contribution in [1.29, 1.82) is 0 Å². The molecule has 0 amide bonds. The third kappa shape index (κ3) is 2.16. The standard InChI is InChI=1S/C16H17NO3/c1-10-7-11-15(8-14(10)19-2)20-9-12(16(11)18)13-5-3-4-6-17-13/h3-8,10,12,14H,9H2,1-2H3. The number of fused-ring (bicyclic) bond motifs is 1. The van der Waals surface area contributed by atoms with Gasteiger partial charge in [0.1, 0.15) is 12.4 Å². The van der Waals surface area contributed by atoms with E-state index < -0.39 is 0 Å². The van der Waals surface area contributed by atoms with Crippen molar-refractivity contribution in [2.45, 2.75) is 18.9 Å². The van der Waals surface area contributed by atoms with E-state index in [4.69, 9.17) is 9.47 Å². The SMILES string of the molecule is COC1C=C2OCC(c3ccccn3)C(=O)C2=CC1C. The highest BCUT2D eigenvalue weighted by atomic mass is 16.5. The summed E-state index contributed by atoms with van der Waals surface area (Å²) >= 11 is 0. The number of aromatic nitrogens is 1. The Bertz CT molecular complexity index is 577. The number of ketones is 1. The number of ether oxygens (including phenoxy) is 2. The van der Waals surface area contributed by atoms with E-state index in [1.165, 1.54) is 0 Å². The summed E-state index contributed by atoms with van der Waals surface area (Å²) in [6.07, 6.45) is 5.51. The molecule has 0 aromatic carbocycles. The van der Waals surface area contributed by atoms with Crippen molar-refractivity contribution in [1.82, 2.24) is 4.98 Å². The van der Waals surface area contributed by atoms with Gasteiger partial charge in [-0.2, -0.15) is 0 Å². The lowest BCUT2D eigenvalue weighted by Gasteiger charge is -2.31. The van der Waals surface area contributed by atoms with Crippen molar-refractivity contribution >= 4 is 5.78 Å². The Balaban J connectivity index is 1.90. The van der Waals surface area contributed by atoms with Gasteiger partial charge in [0.05, 0.1) is 23.3 Å². The number of hydrogen-bond acceptors (Lipinski definition) is 4. The number of rotatable bonds is 2. The summed E-state index contributed by atoms with van der Waals surface area (Å²) < 4.78 is 11.1. The van der Waals surface area contributed by atoms with Gasteiger partial charge in [0, 0.05) is 19.2 Å². The van der Waals surface area contributed by atoms with E-state index >= 15 is 0 Å². The minimum absolute atomic E-state index is 0.0343. The Hall–Kier alpha value is -1.94. The second-order valence-electron chi connectivity index (χ2n) is 5.15. The van der Waals surface area contributed by atoms with Gasteiger partial charge in [-0.1, -0.05) is 19.1 Å². The first kappa shape index (κ1) is 13.1. The lowest BCUT2D eigenvalue weighted by molar-refractivity contribution is -0.120. The molecule has 3 rings (SSSR count). The monoisotopic (exact) mass is 271 g/mol. The predicted molar refractivity (Wildman–Crippen MR) is 74.1 cm³/mol. The summed E-state index contributed by atoms with van der Waals surface area (Å²) in [4.78, 5) is 16.9. The number of carbonyl (C=O) groups excluding carboxylic acids is 1. The van der Waals surface area contributed by atoms with Gasteiger partial charge in [0.25, 0.3) is 0 Å². The van der Waals surface area contributed by atoms with Crippen LogP contribution in [0.3, 0.4) is 0 Å².